The van der Waals surface area contributed by atoms with Gasteiger partial charge in [0.2, 0.25) is 0 Å². The second kappa shape index (κ2) is 5.92. The van der Waals surface area contributed by atoms with Crippen LogP contribution >= 0.6 is 0 Å². The van der Waals surface area contributed by atoms with E-state index in [1.807, 2.05) is 0 Å². The van der Waals surface area contributed by atoms with Crippen molar-refractivity contribution in [2.45, 2.75) is 13.5 Å². The van der Waals surface area contributed by atoms with Crippen molar-refractivity contribution in [1.82, 2.24) is 5.32 Å². The van der Waals surface area contributed by atoms with Gasteiger partial charge >= 0.3 is 8.80 Å². The monoisotopic (exact) mass is 219 g/mol. The van der Waals surface area contributed by atoms with Crippen molar-refractivity contribution in [2.24, 2.45) is 0 Å². The number of rotatable bonds is 7. The lowest BCUT2D eigenvalue weighted by Gasteiger charge is -2.22. The molecule has 0 rings (SSSR count). The molecule has 0 fully saturated rings. The normalized spacial score (nSPS) is 11.1. The first-order valence-electron chi connectivity index (χ1n) is 4.13. The van der Waals surface area contributed by atoms with Crippen LogP contribution in [0.5, 0.6) is 0 Å². The van der Waals surface area contributed by atoms with E-state index in [4.69, 9.17) is 13.3 Å². The Morgan fingerprint density at radius 3 is 2.29 bits per heavy atom. The largest absolute Gasteiger partial charge is 0.498 e. The van der Waals surface area contributed by atoms with Crippen molar-refractivity contribution in [3.05, 3.63) is 12.3 Å². The van der Waals surface area contributed by atoms with Crippen LogP contribution in [-0.2, 0) is 18.1 Å². The van der Waals surface area contributed by atoms with Gasteiger partial charge in [-0.1, -0.05) is 6.58 Å². The fourth-order valence-electron chi connectivity index (χ4n) is 0.580. The van der Waals surface area contributed by atoms with Gasteiger partial charge in [-0.15, -0.1) is 0 Å². The molecule has 0 amide bonds. The minimum atomic E-state index is -2.51. The average Bonchev–Trinajstić information content (AvgIpc) is 2.17. The number of nitrogens with one attached hydrogen (secondary N) is 1. The number of ketones is 1. The molecule has 0 unspecified atom stereocenters. The maximum absolute atomic E-state index is 10.8. The van der Waals surface area contributed by atoms with Gasteiger partial charge in [-0.05, 0) is 0 Å². The SMILES string of the molecule is C=C(NCO[Si](C)(OC)OC)C(C)=O. The Hall–Kier alpha value is -0.693. The molecule has 0 aromatic carbocycles. The highest BCUT2D eigenvalue weighted by Gasteiger charge is 2.31. The molecule has 0 atom stereocenters. The summed E-state index contributed by atoms with van der Waals surface area (Å²) in [6.07, 6.45) is 0. The quantitative estimate of drug-likeness (QED) is 0.384. The van der Waals surface area contributed by atoms with Crippen LogP contribution in [0.3, 0.4) is 0 Å². The second-order valence-corrected chi connectivity index (χ2v) is 5.60. The van der Waals surface area contributed by atoms with Crippen molar-refractivity contribution in [1.29, 1.82) is 0 Å². The predicted molar refractivity (Wildman–Crippen MR) is 54.5 cm³/mol. The van der Waals surface area contributed by atoms with Crippen molar-refractivity contribution in [3.8, 4) is 0 Å². The summed E-state index contributed by atoms with van der Waals surface area (Å²) in [7, 11) is 0.533. The number of Topliss-reactive ketones (excluding diaryl/α,β-unsaturated/α-hetero) is 1. The molecular weight excluding hydrogens is 202 g/mol. The van der Waals surface area contributed by atoms with Gasteiger partial charge in [-0.25, -0.2) is 0 Å². The van der Waals surface area contributed by atoms with Gasteiger partial charge in [0.25, 0.3) is 0 Å². The summed E-state index contributed by atoms with van der Waals surface area (Å²) in [6, 6.07) is 0. The fraction of sp³-hybridized carbons (Fsp3) is 0.625. The molecule has 0 radical (unpaired) electrons. The zero-order valence-corrected chi connectivity index (χ0v) is 10.0. The topological polar surface area (TPSA) is 56.8 Å². The Balaban J connectivity index is 3.83. The third-order valence-electron chi connectivity index (χ3n) is 1.79. The number of carbonyl (C=O) groups is 1. The number of carbonyl (C=O) groups excluding carboxylic acids is 1. The molecule has 1 N–H and O–H groups in total. The molecule has 0 heterocycles. The molecule has 0 aliphatic carbocycles. The van der Waals surface area contributed by atoms with Crippen molar-refractivity contribution in [2.75, 3.05) is 21.0 Å². The van der Waals surface area contributed by atoms with E-state index in [1.165, 1.54) is 21.1 Å². The zero-order valence-electron chi connectivity index (χ0n) is 9.05. The van der Waals surface area contributed by atoms with Crippen LogP contribution in [0.1, 0.15) is 6.92 Å². The third kappa shape index (κ3) is 4.52. The van der Waals surface area contributed by atoms with Crippen LogP contribution in [0, 0.1) is 0 Å². The highest BCUT2D eigenvalue weighted by Crippen LogP contribution is 2.04. The van der Waals surface area contributed by atoms with E-state index in [-0.39, 0.29) is 12.5 Å². The van der Waals surface area contributed by atoms with Gasteiger partial charge in [0.15, 0.2) is 5.78 Å². The Morgan fingerprint density at radius 2 is 1.93 bits per heavy atom. The lowest BCUT2D eigenvalue weighted by molar-refractivity contribution is -0.114. The van der Waals surface area contributed by atoms with Gasteiger partial charge in [-0.3, -0.25) is 4.79 Å². The van der Waals surface area contributed by atoms with E-state index >= 15 is 0 Å². The van der Waals surface area contributed by atoms with Crippen molar-refractivity contribution >= 4 is 14.6 Å². The fourth-order valence-corrected chi connectivity index (χ4v) is 1.32. The highest BCUT2D eigenvalue weighted by atomic mass is 28.4. The smallest absolute Gasteiger partial charge is 0.377 e. The molecule has 6 heteroatoms. The van der Waals surface area contributed by atoms with E-state index in [9.17, 15) is 4.79 Å². The summed E-state index contributed by atoms with van der Waals surface area (Å²) in [4.78, 5) is 10.8. The first kappa shape index (κ1) is 13.3. The molecule has 0 aromatic heterocycles. The maximum Gasteiger partial charge on any atom is 0.498 e. The molecular formula is C8H17NO4Si. The summed E-state index contributed by atoms with van der Waals surface area (Å²) in [5.41, 5.74) is 0.313. The molecule has 0 spiro atoms. The van der Waals surface area contributed by atoms with Crippen LogP contribution in [0.25, 0.3) is 0 Å². The number of hydrogen-bond acceptors (Lipinski definition) is 5. The number of allylic oxidation sites excluding steroid dienone is 1. The molecule has 0 saturated heterocycles. The van der Waals surface area contributed by atoms with Crippen LogP contribution in [0.4, 0.5) is 0 Å². The Kier molecular flexibility index (Phi) is 5.62. The van der Waals surface area contributed by atoms with E-state index < -0.39 is 8.80 Å². The van der Waals surface area contributed by atoms with Gasteiger partial charge in [0, 0.05) is 27.7 Å². The molecule has 0 aromatic rings. The molecule has 0 saturated carbocycles. The summed E-state index contributed by atoms with van der Waals surface area (Å²) in [6.45, 7) is 6.86. The lowest BCUT2D eigenvalue weighted by Crippen LogP contribution is -2.43. The Morgan fingerprint density at radius 1 is 1.43 bits per heavy atom. The molecule has 14 heavy (non-hydrogen) atoms. The summed E-state index contributed by atoms with van der Waals surface area (Å²) in [5.74, 6) is -0.119. The van der Waals surface area contributed by atoms with E-state index in [0.717, 1.165) is 0 Å². The zero-order chi connectivity index (χ0) is 11.2. The maximum atomic E-state index is 10.8. The second-order valence-electron chi connectivity index (χ2n) is 2.77. The van der Waals surface area contributed by atoms with Gasteiger partial charge in [0.05, 0.1) is 5.70 Å². The minimum absolute atomic E-state index is 0.119. The summed E-state index contributed by atoms with van der Waals surface area (Å²) < 4.78 is 15.5. The first-order chi connectivity index (χ1) is 6.45. The molecule has 82 valence electrons. The van der Waals surface area contributed by atoms with Crippen LogP contribution in [0.2, 0.25) is 6.55 Å². The first-order valence-corrected chi connectivity index (χ1v) is 6.35. The van der Waals surface area contributed by atoms with Gasteiger partial charge < -0.3 is 18.6 Å². The molecule has 0 bridgehead atoms. The van der Waals surface area contributed by atoms with E-state index in [0.29, 0.717) is 5.70 Å². The average molecular weight is 219 g/mol. The van der Waals surface area contributed by atoms with Crippen LogP contribution in [-0.4, -0.2) is 35.5 Å². The molecule has 5 nitrogen and oxygen atoms in total. The van der Waals surface area contributed by atoms with Gasteiger partial charge in [-0.2, -0.15) is 0 Å². The number of hydrogen-bond donors (Lipinski definition) is 1. The third-order valence-corrected chi connectivity index (χ3v) is 3.94. The van der Waals surface area contributed by atoms with E-state index in [1.54, 1.807) is 6.55 Å². The Labute approximate surface area is 85.4 Å². The van der Waals surface area contributed by atoms with Crippen molar-refractivity contribution < 1.29 is 18.1 Å². The van der Waals surface area contributed by atoms with Gasteiger partial charge in [0.1, 0.15) is 6.73 Å². The molecule has 0 aliphatic rings. The van der Waals surface area contributed by atoms with Crippen molar-refractivity contribution in [3.63, 3.8) is 0 Å². The highest BCUT2D eigenvalue weighted by molar-refractivity contribution is 6.59. The minimum Gasteiger partial charge on any atom is -0.377 e. The van der Waals surface area contributed by atoms with Crippen LogP contribution < -0.4 is 5.32 Å². The summed E-state index contributed by atoms with van der Waals surface area (Å²) >= 11 is 0. The standard InChI is InChI=1S/C8H17NO4Si/c1-7(8(2)10)9-6-13-14(5,11-3)12-4/h9H,1,6H2,2-5H3. The Bertz CT molecular complexity index is 215. The summed E-state index contributed by atoms with van der Waals surface area (Å²) in [5, 5.41) is 2.71. The predicted octanol–water partition coefficient (Wildman–Crippen LogP) is 0.514. The molecule has 0 aliphatic heterocycles. The van der Waals surface area contributed by atoms with E-state index in [2.05, 4.69) is 11.9 Å². The van der Waals surface area contributed by atoms with Crippen LogP contribution in [0.15, 0.2) is 12.3 Å². The lowest BCUT2D eigenvalue weighted by atomic mass is 10.3.